The average molecular weight is 521 g/mol. The summed E-state index contributed by atoms with van der Waals surface area (Å²) in [6, 6.07) is 5.29. The van der Waals surface area contributed by atoms with Gasteiger partial charge in [0.2, 0.25) is 5.95 Å². The number of hydrogen-bond acceptors (Lipinski definition) is 12. The maximum atomic E-state index is 13.5. The van der Waals surface area contributed by atoms with Crippen molar-refractivity contribution < 1.29 is 23.8 Å². The number of nitrogen functional groups attached to an aromatic ring is 3. The van der Waals surface area contributed by atoms with Gasteiger partial charge in [-0.05, 0) is 29.5 Å². The molecule has 16 heteroatoms. The molecule has 188 valence electrons. The molecule has 0 bridgehead atoms. The van der Waals surface area contributed by atoms with Crippen molar-refractivity contribution in [2.24, 2.45) is 0 Å². The fraction of sp³-hybridized carbons (Fsp3) is 0.100. The van der Waals surface area contributed by atoms with Gasteiger partial charge in [-0.1, -0.05) is 6.07 Å². The zero-order chi connectivity index (χ0) is 26.7. The number of benzene rings is 1. The van der Waals surface area contributed by atoms with Crippen molar-refractivity contribution in [3.05, 3.63) is 67.5 Å². The number of methoxy groups -OCH3 is 1. The third-order valence-corrected chi connectivity index (χ3v) is 4.90. The van der Waals surface area contributed by atoms with Crippen LogP contribution in [0.1, 0.15) is 26.5 Å². The van der Waals surface area contributed by atoms with E-state index in [1.165, 1.54) is 12.1 Å². The molecule has 9 N–H and O–H groups in total. The van der Waals surface area contributed by atoms with Crippen LogP contribution in [0.5, 0.6) is 0 Å². The van der Waals surface area contributed by atoms with Gasteiger partial charge < -0.3 is 32.4 Å². The van der Waals surface area contributed by atoms with Crippen LogP contribution >= 0.6 is 11.8 Å². The standard InChI is InChI=1S/C11H9ClFN3O2.C9H9N5O4/c12-15-4-5-1-2-6(13)7(3-5)16-9-8(14)10(17)11(9)18;1-18-8(17)4-2-3(7(15)16)12-6-5(10)13-9(11)14(4)6/h1-3,15-16H,4,14H2;2H,10H2,1H3,(H2,11,13)(H,15,16). The Hall–Kier alpha value is -4.76. The molecule has 0 saturated heterocycles. The van der Waals surface area contributed by atoms with Gasteiger partial charge in [0.25, 0.3) is 10.9 Å². The first kappa shape index (κ1) is 25.9. The molecule has 0 unspecified atom stereocenters. The summed E-state index contributed by atoms with van der Waals surface area (Å²) >= 11 is 5.35. The number of fused-ring (bicyclic) bond motifs is 1. The number of carbonyl (C=O) groups excluding carboxylic acids is 1. The summed E-state index contributed by atoms with van der Waals surface area (Å²) in [5.41, 5.74) is 15.0. The second-order valence-corrected chi connectivity index (χ2v) is 7.30. The first-order valence-corrected chi connectivity index (χ1v) is 10.1. The molecule has 2 heterocycles. The lowest BCUT2D eigenvalue weighted by Crippen LogP contribution is -2.36. The predicted molar refractivity (Wildman–Crippen MR) is 128 cm³/mol. The molecule has 2 aromatic carbocycles. The number of nitrogens with two attached hydrogens (primary N) is 3. The summed E-state index contributed by atoms with van der Waals surface area (Å²) < 4.78 is 19.2. The largest absolute Gasteiger partial charge is 0.477 e. The third kappa shape index (κ3) is 4.86. The predicted octanol–water partition coefficient (Wildman–Crippen LogP) is 0.369. The number of imidazole rings is 1. The highest BCUT2D eigenvalue weighted by Gasteiger charge is 2.21. The van der Waals surface area contributed by atoms with Gasteiger partial charge in [-0.2, -0.15) is 4.98 Å². The van der Waals surface area contributed by atoms with Crippen LogP contribution in [0.15, 0.2) is 33.9 Å². The van der Waals surface area contributed by atoms with Crippen LogP contribution in [0.2, 0.25) is 0 Å². The highest BCUT2D eigenvalue weighted by molar-refractivity contribution is 6.13. The summed E-state index contributed by atoms with van der Waals surface area (Å²) in [5.74, 6) is -2.77. The van der Waals surface area contributed by atoms with Crippen molar-refractivity contribution in [1.82, 2.24) is 19.2 Å². The highest BCUT2D eigenvalue weighted by atomic mass is 35.5. The van der Waals surface area contributed by atoms with Gasteiger partial charge in [0.1, 0.15) is 22.9 Å². The van der Waals surface area contributed by atoms with Crippen molar-refractivity contribution in [1.29, 1.82) is 0 Å². The van der Waals surface area contributed by atoms with Gasteiger partial charge in [-0.25, -0.2) is 23.8 Å². The number of aromatic carboxylic acids is 1. The number of ether oxygens (including phenoxy) is 1. The lowest BCUT2D eigenvalue weighted by atomic mass is 10.1. The molecule has 0 atom stereocenters. The summed E-state index contributed by atoms with van der Waals surface area (Å²) in [6.45, 7) is 0.331. The Morgan fingerprint density at radius 2 is 1.86 bits per heavy atom. The summed E-state index contributed by atoms with van der Waals surface area (Å²) in [7, 11) is 1.16. The molecular weight excluding hydrogens is 503 g/mol. The van der Waals surface area contributed by atoms with Crippen LogP contribution in [0.4, 0.5) is 33.2 Å². The smallest absolute Gasteiger partial charge is 0.355 e. The molecule has 0 fully saturated rings. The number of rotatable bonds is 6. The van der Waals surface area contributed by atoms with Crippen LogP contribution in [-0.2, 0) is 11.3 Å². The minimum atomic E-state index is -1.30. The SMILES string of the molecule is COC(=O)c1cc(C(=O)O)nc2c(N)nc(N)n12.Nc1c(Nc2cc(CNCl)ccc2F)c(=O)c1=O. The Bertz CT molecular complexity index is 1560. The van der Waals surface area contributed by atoms with Crippen molar-refractivity contribution in [2.45, 2.75) is 6.54 Å². The summed E-state index contributed by atoms with van der Waals surface area (Å²) in [5, 5.41) is 11.4. The molecule has 4 aromatic rings. The van der Waals surface area contributed by atoms with Gasteiger partial charge in [0, 0.05) is 12.6 Å². The van der Waals surface area contributed by atoms with Crippen LogP contribution in [-0.4, -0.2) is 38.5 Å². The minimum Gasteiger partial charge on any atom is -0.477 e. The lowest BCUT2D eigenvalue weighted by molar-refractivity contribution is 0.0592. The Kier molecular flexibility index (Phi) is 7.36. The molecule has 2 aromatic heterocycles. The normalized spacial score (nSPS) is 10.6. The molecule has 0 aliphatic rings. The molecule has 0 spiro atoms. The van der Waals surface area contributed by atoms with Crippen LogP contribution in [0.3, 0.4) is 0 Å². The first-order valence-electron chi connectivity index (χ1n) is 9.73. The van der Waals surface area contributed by atoms with Gasteiger partial charge >= 0.3 is 11.9 Å². The van der Waals surface area contributed by atoms with E-state index in [2.05, 4.69) is 24.9 Å². The fourth-order valence-electron chi connectivity index (χ4n) is 3.02. The number of esters is 1. The molecule has 0 amide bonds. The van der Waals surface area contributed by atoms with E-state index < -0.39 is 28.6 Å². The number of hydrogen-bond donors (Lipinski definition) is 6. The van der Waals surface area contributed by atoms with E-state index in [1.54, 1.807) is 6.07 Å². The summed E-state index contributed by atoms with van der Waals surface area (Å²) in [4.78, 5) is 54.5. The van der Waals surface area contributed by atoms with Gasteiger partial charge in [-0.3, -0.25) is 14.0 Å². The van der Waals surface area contributed by atoms with E-state index in [1.807, 2.05) is 0 Å². The van der Waals surface area contributed by atoms with Crippen molar-refractivity contribution >= 4 is 58.2 Å². The molecule has 0 radical (unpaired) electrons. The quantitative estimate of drug-likeness (QED) is 0.115. The molecule has 0 aliphatic heterocycles. The molecule has 4 rings (SSSR count). The number of carboxylic acids is 1. The molecule has 0 aliphatic carbocycles. The van der Waals surface area contributed by atoms with Crippen molar-refractivity contribution in [3.8, 4) is 0 Å². The van der Waals surface area contributed by atoms with Gasteiger partial charge in [0.05, 0.1) is 12.8 Å². The van der Waals surface area contributed by atoms with Gasteiger partial charge in [0.15, 0.2) is 17.2 Å². The molecule has 14 nitrogen and oxygen atoms in total. The summed E-state index contributed by atoms with van der Waals surface area (Å²) in [6.07, 6.45) is 0. The lowest BCUT2D eigenvalue weighted by Gasteiger charge is -2.11. The Morgan fingerprint density at radius 1 is 1.17 bits per heavy atom. The third-order valence-electron chi connectivity index (χ3n) is 4.77. The molecule has 0 saturated carbocycles. The first-order chi connectivity index (χ1) is 17.0. The minimum absolute atomic E-state index is 0.00667. The van der Waals surface area contributed by atoms with E-state index in [-0.39, 0.29) is 45.9 Å². The van der Waals surface area contributed by atoms with Crippen molar-refractivity contribution in [2.75, 3.05) is 29.6 Å². The number of aromatic nitrogens is 3. The maximum Gasteiger partial charge on any atom is 0.355 e. The van der Waals surface area contributed by atoms with Crippen LogP contribution < -0.4 is 38.2 Å². The van der Waals surface area contributed by atoms with E-state index >= 15 is 0 Å². The van der Waals surface area contributed by atoms with E-state index in [0.717, 1.165) is 17.6 Å². The number of carbonyl (C=O) groups is 2. The van der Waals surface area contributed by atoms with Crippen molar-refractivity contribution in [3.63, 3.8) is 0 Å². The Morgan fingerprint density at radius 3 is 2.44 bits per heavy atom. The second kappa shape index (κ2) is 10.2. The van der Waals surface area contributed by atoms with E-state index in [9.17, 15) is 23.6 Å². The number of nitrogens with zero attached hydrogens (tertiary/aromatic N) is 3. The zero-order valence-corrected chi connectivity index (χ0v) is 19.1. The number of halogens is 2. The van der Waals surface area contributed by atoms with Gasteiger partial charge in [-0.15, -0.1) is 0 Å². The number of anilines is 5. The van der Waals surface area contributed by atoms with Crippen LogP contribution in [0, 0.1) is 5.82 Å². The van der Waals surface area contributed by atoms with E-state index in [4.69, 9.17) is 34.1 Å². The zero-order valence-electron chi connectivity index (χ0n) is 18.3. The maximum absolute atomic E-state index is 13.5. The second-order valence-electron chi connectivity index (χ2n) is 7.03. The number of carboxylic acid groups (broad SMARTS) is 1. The topological polar surface area (TPSA) is 230 Å². The monoisotopic (exact) mass is 520 g/mol. The molecule has 36 heavy (non-hydrogen) atoms. The molecular formula is C20H18ClFN8O6. The van der Waals surface area contributed by atoms with E-state index in [0.29, 0.717) is 12.1 Å². The highest BCUT2D eigenvalue weighted by Crippen LogP contribution is 2.22. The Balaban J connectivity index is 0.000000201. The Labute approximate surface area is 205 Å². The fourth-order valence-corrected chi connectivity index (χ4v) is 3.17. The average Bonchev–Trinajstić information content (AvgIpc) is 3.16. The van der Waals surface area contributed by atoms with Crippen LogP contribution in [0.25, 0.3) is 5.65 Å². The number of nitrogens with one attached hydrogen (secondary N) is 2.